The Bertz CT molecular complexity index is 369. The van der Waals surface area contributed by atoms with Gasteiger partial charge in [-0.1, -0.05) is 23.8 Å². The standard InChI is InChI=1S/C13H16OS/c1-4-7-15-9-13(14)12-8-10(2)5-6-11(12)3/h4-6,8H,1,7,9H2,2-3H3. The van der Waals surface area contributed by atoms with Gasteiger partial charge < -0.3 is 0 Å². The molecule has 0 aliphatic carbocycles. The maximum absolute atomic E-state index is 11.8. The summed E-state index contributed by atoms with van der Waals surface area (Å²) >= 11 is 1.60. The summed E-state index contributed by atoms with van der Waals surface area (Å²) in [5.41, 5.74) is 3.05. The minimum Gasteiger partial charge on any atom is -0.293 e. The Labute approximate surface area is 95.6 Å². The number of benzene rings is 1. The van der Waals surface area contributed by atoms with Crippen LogP contribution in [-0.4, -0.2) is 17.3 Å². The van der Waals surface area contributed by atoms with Crippen LogP contribution in [-0.2, 0) is 0 Å². The summed E-state index contributed by atoms with van der Waals surface area (Å²) in [5.74, 6) is 1.58. The predicted molar refractivity (Wildman–Crippen MR) is 67.8 cm³/mol. The van der Waals surface area contributed by atoms with E-state index in [0.29, 0.717) is 5.75 Å². The Morgan fingerprint density at radius 1 is 1.47 bits per heavy atom. The van der Waals surface area contributed by atoms with Crippen molar-refractivity contribution in [2.24, 2.45) is 0 Å². The normalized spacial score (nSPS) is 10.0. The van der Waals surface area contributed by atoms with Gasteiger partial charge >= 0.3 is 0 Å². The lowest BCUT2D eigenvalue weighted by Crippen LogP contribution is -2.05. The fraction of sp³-hybridized carbons (Fsp3) is 0.308. The van der Waals surface area contributed by atoms with Crippen LogP contribution in [0.3, 0.4) is 0 Å². The van der Waals surface area contributed by atoms with E-state index in [9.17, 15) is 4.79 Å². The molecule has 0 amide bonds. The summed E-state index contributed by atoms with van der Waals surface area (Å²) in [6.45, 7) is 7.61. The van der Waals surface area contributed by atoms with Gasteiger partial charge in [-0.15, -0.1) is 18.3 Å². The van der Waals surface area contributed by atoms with E-state index in [1.54, 1.807) is 11.8 Å². The van der Waals surface area contributed by atoms with Crippen LogP contribution in [0.15, 0.2) is 30.9 Å². The highest BCUT2D eigenvalue weighted by atomic mass is 32.2. The first kappa shape index (κ1) is 12.1. The summed E-state index contributed by atoms with van der Waals surface area (Å²) in [7, 11) is 0. The molecule has 0 aliphatic heterocycles. The highest BCUT2D eigenvalue weighted by Crippen LogP contribution is 2.14. The monoisotopic (exact) mass is 220 g/mol. The van der Waals surface area contributed by atoms with Gasteiger partial charge in [-0.2, -0.15) is 0 Å². The highest BCUT2D eigenvalue weighted by molar-refractivity contribution is 8.00. The molecule has 0 atom stereocenters. The van der Waals surface area contributed by atoms with Crippen LogP contribution in [0, 0.1) is 13.8 Å². The number of Topliss-reactive ketones (excluding diaryl/α,β-unsaturated/α-hetero) is 1. The first-order valence-corrected chi connectivity index (χ1v) is 6.09. The summed E-state index contributed by atoms with van der Waals surface area (Å²) in [6, 6.07) is 6.00. The van der Waals surface area contributed by atoms with Crippen molar-refractivity contribution in [3.05, 3.63) is 47.5 Å². The first-order valence-electron chi connectivity index (χ1n) is 4.94. The summed E-state index contributed by atoms with van der Waals surface area (Å²) in [4.78, 5) is 11.8. The number of hydrogen-bond acceptors (Lipinski definition) is 2. The third-order valence-corrected chi connectivity index (χ3v) is 3.10. The number of ketones is 1. The van der Waals surface area contributed by atoms with Gasteiger partial charge in [0, 0.05) is 11.3 Å². The quantitative estimate of drug-likeness (QED) is 0.430. The van der Waals surface area contributed by atoms with Crippen LogP contribution in [0.1, 0.15) is 21.5 Å². The second kappa shape index (κ2) is 5.76. The maximum Gasteiger partial charge on any atom is 0.173 e. The number of rotatable bonds is 5. The van der Waals surface area contributed by atoms with Gasteiger partial charge in [-0.3, -0.25) is 4.79 Å². The average Bonchev–Trinajstić information content (AvgIpc) is 2.22. The van der Waals surface area contributed by atoms with Crippen molar-refractivity contribution in [3.63, 3.8) is 0 Å². The molecule has 0 unspecified atom stereocenters. The number of aryl methyl sites for hydroxylation is 2. The lowest BCUT2D eigenvalue weighted by Gasteiger charge is -2.05. The SMILES string of the molecule is C=CCSCC(=O)c1cc(C)ccc1C. The zero-order valence-corrected chi connectivity index (χ0v) is 10.1. The van der Waals surface area contributed by atoms with Gasteiger partial charge in [0.1, 0.15) is 0 Å². The van der Waals surface area contributed by atoms with Crippen molar-refractivity contribution in [3.8, 4) is 0 Å². The second-order valence-electron chi connectivity index (χ2n) is 3.55. The molecule has 1 rings (SSSR count). The highest BCUT2D eigenvalue weighted by Gasteiger charge is 2.08. The molecule has 0 saturated heterocycles. The Kier molecular flexibility index (Phi) is 4.63. The van der Waals surface area contributed by atoms with Gasteiger partial charge in [-0.25, -0.2) is 0 Å². The molecule has 0 radical (unpaired) electrons. The van der Waals surface area contributed by atoms with E-state index in [2.05, 4.69) is 6.58 Å². The fourth-order valence-corrected chi connectivity index (χ4v) is 1.97. The number of carbonyl (C=O) groups excluding carboxylic acids is 1. The largest absolute Gasteiger partial charge is 0.293 e. The van der Waals surface area contributed by atoms with Crippen molar-refractivity contribution in [2.75, 3.05) is 11.5 Å². The molecular formula is C13H16OS. The molecule has 0 N–H and O–H groups in total. The Morgan fingerprint density at radius 2 is 2.20 bits per heavy atom. The van der Waals surface area contributed by atoms with Gasteiger partial charge in [-0.05, 0) is 25.5 Å². The van der Waals surface area contributed by atoms with E-state index in [1.807, 2.05) is 38.1 Å². The molecule has 0 fully saturated rings. The Morgan fingerprint density at radius 3 is 2.87 bits per heavy atom. The molecule has 1 aromatic carbocycles. The van der Waals surface area contributed by atoms with Crippen LogP contribution in [0.4, 0.5) is 0 Å². The van der Waals surface area contributed by atoms with Crippen LogP contribution in [0.2, 0.25) is 0 Å². The van der Waals surface area contributed by atoms with Gasteiger partial charge in [0.25, 0.3) is 0 Å². The number of carbonyl (C=O) groups is 1. The molecular weight excluding hydrogens is 204 g/mol. The van der Waals surface area contributed by atoms with E-state index < -0.39 is 0 Å². The molecule has 0 aliphatic rings. The Hall–Kier alpha value is -1.02. The lowest BCUT2D eigenvalue weighted by molar-refractivity contribution is 0.102. The topological polar surface area (TPSA) is 17.1 Å². The third kappa shape index (κ3) is 3.56. The predicted octanol–water partition coefficient (Wildman–Crippen LogP) is 3.41. The van der Waals surface area contributed by atoms with E-state index in [-0.39, 0.29) is 5.78 Å². The van der Waals surface area contributed by atoms with E-state index in [4.69, 9.17) is 0 Å². The minimum atomic E-state index is 0.211. The van der Waals surface area contributed by atoms with Gasteiger partial charge in [0.15, 0.2) is 5.78 Å². The third-order valence-electron chi connectivity index (χ3n) is 2.16. The van der Waals surface area contributed by atoms with Crippen LogP contribution in [0.5, 0.6) is 0 Å². The molecule has 0 aromatic heterocycles. The van der Waals surface area contributed by atoms with E-state index in [1.165, 1.54) is 0 Å². The first-order chi connectivity index (χ1) is 7.15. The molecule has 2 heteroatoms. The summed E-state index contributed by atoms with van der Waals surface area (Å²) in [5, 5.41) is 0. The molecule has 0 spiro atoms. The van der Waals surface area contributed by atoms with Crippen LogP contribution in [0.25, 0.3) is 0 Å². The van der Waals surface area contributed by atoms with Crippen molar-refractivity contribution in [1.29, 1.82) is 0 Å². The average molecular weight is 220 g/mol. The van der Waals surface area contributed by atoms with Crippen LogP contribution >= 0.6 is 11.8 Å². The fourth-order valence-electron chi connectivity index (χ4n) is 1.35. The van der Waals surface area contributed by atoms with E-state index in [0.717, 1.165) is 22.4 Å². The Balaban J connectivity index is 2.72. The van der Waals surface area contributed by atoms with Crippen molar-refractivity contribution in [2.45, 2.75) is 13.8 Å². The van der Waals surface area contributed by atoms with Crippen molar-refractivity contribution >= 4 is 17.5 Å². The zero-order valence-electron chi connectivity index (χ0n) is 9.25. The van der Waals surface area contributed by atoms with Crippen molar-refractivity contribution in [1.82, 2.24) is 0 Å². The molecule has 0 bridgehead atoms. The van der Waals surface area contributed by atoms with Crippen LogP contribution < -0.4 is 0 Å². The molecule has 15 heavy (non-hydrogen) atoms. The summed E-state index contributed by atoms with van der Waals surface area (Å²) in [6.07, 6.45) is 1.82. The second-order valence-corrected chi connectivity index (χ2v) is 4.58. The molecule has 0 saturated carbocycles. The number of hydrogen-bond donors (Lipinski definition) is 0. The maximum atomic E-state index is 11.8. The van der Waals surface area contributed by atoms with Crippen molar-refractivity contribution < 1.29 is 4.79 Å². The molecule has 1 aromatic rings. The zero-order chi connectivity index (χ0) is 11.3. The number of thioether (sulfide) groups is 1. The van der Waals surface area contributed by atoms with E-state index >= 15 is 0 Å². The van der Waals surface area contributed by atoms with Gasteiger partial charge in [0.2, 0.25) is 0 Å². The molecule has 80 valence electrons. The van der Waals surface area contributed by atoms with Gasteiger partial charge in [0.05, 0.1) is 5.75 Å². The smallest absolute Gasteiger partial charge is 0.173 e. The molecule has 0 heterocycles. The lowest BCUT2D eigenvalue weighted by atomic mass is 10.0. The molecule has 1 nitrogen and oxygen atoms in total. The minimum absolute atomic E-state index is 0.211. The summed E-state index contributed by atoms with van der Waals surface area (Å²) < 4.78 is 0.